The van der Waals surface area contributed by atoms with E-state index in [4.69, 9.17) is 9.47 Å². The molecule has 0 radical (unpaired) electrons. The van der Waals surface area contributed by atoms with Crippen molar-refractivity contribution in [2.75, 3.05) is 0 Å². The van der Waals surface area contributed by atoms with E-state index in [0.29, 0.717) is 0 Å². The fourth-order valence-electron chi connectivity index (χ4n) is 16.4. The van der Waals surface area contributed by atoms with Crippen molar-refractivity contribution >= 4 is 89.8 Å². The van der Waals surface area contributed by atoms with E-state index in [0.717, 1.165) is 56.3 Å². The summed E-state index contributed by atoms with van der Waals surface area (Å²) in [6.07, 6.45) is 0. The lowest BCUT2D eigenvalue weighted by atomic mass is 9.31. The van der Waals surface area contributed by atoms with Gasteiger partial charge >= 0.3 is 0 Å². The van der Waals surface area contributed by atoms with Crippen molar-refractivity contribution in [2.45, 2.75) is 157 Å². The van der Waals surface area contributed by atoms with Crippen molar-refractivity contribution in [1.82, 2.24) is 9.13 Å². The molecule has 0 amide bonds. The molecule has 0 fully saturated rings. The SMILES string of the molecule is CC(C)(C)c1ccc(-c2ccc3c(c2)c2cc(-c4ccc(C(C)(C)C)cc4)cc4c2n3-c2c3c5c(c6c2B4c2cc(C(C)(C)C)ccc2O6)-n2c4ccc(-c6ccc(C(C)(C)C)cc6)cc4c4cc(-c6ccc(C(C)(C)C)cc6)cc(c42)B5c2cc(C(C)(C)C)ccc2O3)cc1. The zero-order valence-corrected chi connectivity index (χ0v) is 59.3. The first-order valence-electron chi connectivity index (χ1n) is 34.9. The van der Waals surface area contributed by atoms with Crippen LogP contribution in [0.4, 0.5) is 0 Å². The smallest absolute Gasteiger partial charge is 0.256 e. The van der Waals surface area contributed by atoms with Gasteiger partial charge in [-0.15, -0.1) is 0 Å². The minimum absolute atomic E-state index is 0.00835. The minimum atomic E-state index is -0.244. The van der Waals surface area contributed by atoms with Gasteiger partial charge in [0.2, 0.25) is 0 Å². The quantitative estimate of drug-likeness (QED) is 0.164. The lowest BCUT2D eigenvalue weighted by Gasteiger charge is -2.41. The van der Waals surface area contributed by atoms with Gasteiger partial charge in [0.05, 0.1) is 22.4 Å². The molecule has 6 heterocycles. The van der Waals surface area contributed by atoms with Crippen molar-refractivity contribution < 1.29 is 9.47 Å². The average Bonchev–Trinajstić information content (AvgIpc) is 1.36. The van der Waals surface area contributed by atoms with E-state index in [9.17, 15) is 0 Å². The molecule has 17 rings (SSSR count). The van der Waals surface area contributed by atoms with Crippen LogP contribution in [0, 0.1) is 0 Å². The summed E-state index contributed by atoms with van der Waals surface area (Å²) >= 11 is 0. The molecule has 0 saturated carbocycles. The number of nitrogens with zero attached hydrogens (tertiary/aromatic N) is 2. The topological polar surface area (TPSA) is 28.3 Å². The average molecular weight is 1250 g/mol. The fourth-order valence-corrected chi connectivity index (χ4v) is 16.4. The molecule has 0 aliphatic carbocycles. The Morgan fingerprint density at radius 3 is 0.823 bits per heavy atom. The number of benzene rings is 11. The van der Waals surface area contributed by atoms with E-state index in [1.54, 1.807) is 0 Å². The Morgan fingerprint density at radius 2 is 0.521 bits per heavy atom. The van der Waals surface area contributed by atoms with Crippen molar-refractivity contribution in [1.29, 1.82) is 0 Å². The summed E-state index contributed by atoms with van der Waals surface area (Å²) in [7, 11) is 0. The first-order chi connectivity index (χ1) is 45.4. The van der Waals surface area contributed by atoms with Gasteiger partial charge < -0.3 is 18.6 Å². The first-order valence-corrected chi connectivity index (χ1v) is 34.9. The Morgan fingerprint density at radius 1 is 0.250 bits per heavy atom. The van der Waals surface area contributed by atoms with Crippen LogP contribution in [0.3, 0.4) is 0 Å². The number of rotatable bonds is 4. The highest BCUT2D eigenvalue weighted by Crippen LogP contribution is 2.51. The van der Waals surface area contributed by atoms with E-state index in [-0.39, 0.29) is 45.9 Å². The molecular weight excluding hydrogens is 1160 g/mol. The number of ether oxygens (including phenoxy) is 2. The summed E-state index contributed by atoms with van der Waals surface area (Å²) in [6, 6.07) is 75.9. The Labute approximate surface area is 568 Å². The number of hydrogen-bond acceptors (Lipinski definition) is 2. The van der Waals surface area contributed by atoms with Gasteiger partial charge in [0.25, 0.3) is 13.4 Å². The molecule has 4 nitrogen and oxygen atoms in total. The Balaban J connectivity index is 1.03. The number of aromatic nitrogens is 2. The molecule has 11 aromatic carbocycles. The summed E-state index contributed by atoms with van der Waals surface area (Å²) in [5.41, 5.74) is 31.1. The molecular formula is C90H86B2N2O2. The zero-order chi connectivity index (χ0) is 67.0. The van der Waals surface area contributed by atoms with Gasteiger partial charge in [-0.05, 0) is 181 Å². The van der Waals surface area contributed by atoms with Crippen LogP contribution in [0.5, 0.6) is 23.0 Å². The predicted octanol–water partition coefficient (Wildman–Crippen LogP) is 20.2. The third-order valence-electron chi connectivity index (χ3n) is 22.0. The van der Waals surface area contributed by atoms with Crippen LogP contribution in [0.15, 0.2) is 194 Å². The largest absolute Gasteiger partial charge is 0.456 e. The molecule has 13 aromatic rings. The third kappa shape index (κ3) is 9.16. The van der Waals surface area contributed by atoms with Crippen molar-refractivity contribution in [3.05, 3.63) is 228 Å². The summed E-state index contributed by atoms with van der Waals surface area (Å²) < 4.78 is 21.3. The monoisotopic (exact) mass is 1250 g/mol. The molecule has 4 aliphatic heterocycles. The molecule has 0 atom stereocenters. The van der Waals surface area contributed by atoms with E-state index < -0.39 is 0 Å². The Hall–Kier alpha value is -9.25. The standard InChI is InChI=1S/C90H86B2N2O2/c1-85(2,3)59-29-19-51(20-30-59)55-27-39-73-65(43-55)67-45-57(53-23-33-61(34-24-53)87(7,8)9)47-71-79(67)93(73)81-77-84(96-75-41-37-63(89(13,14)15)49-69(75)91(71)77)82-78-83(81)95-76-42-38-64(90(16,17)18)50-70(76)92(78)72-48-58(54-25-35-62(36-26-54)88(10,11)12)46-68-66-44-56(28-40-74(66)94(82)80(68)72)52-21-31-60(32-22-52)86(4,5)6/h19-50H,1-18H3. The van der Waals surface area contributed by atoms with Crippen molar-refractivity contribution in [3.8, 4) is 78.9 Å². The zero-order valence-electron chi connectivity index (χ0n) is 59.3. The molecule has 474 valence electrons. The molecule has 0 saturated heterocycles. The van der Waals surface area contributed by atoms with Crippen LogP contribution in [0.1, 0.15) is 158 Å². The van der Waals surface area contributed by atoms with E-state index in [1.165, 1.54) is 132 Å². The predicted molar refractivity (Wildman–Crippen MR) is 411 cm³/mol. The fraction of sp³-hybridized carbons (Fsp3) is 0.267. The summed E-state index contributed by atoms with van der Waals surface area (Å²) in [4.78, 5) is 0. The highest BCUT2D eigenvalue weighted by Gasteiger charge is 2.51. The molecule has 2 aromatic heterocycles. The molecule has 0 bridgehead atoms. The molecule has 6 heteroatoms. The minimum Gasteiger partial charge on any atom is -0.456 e. The van der Waals surface area contributed by atoms with Gasteiger partial charge in [0, 0.05) is 43.5 Å². The van der Waals surface area contributed by atoms with Crippen LogP contribution >= 0.6 is 0 Å². The molecule has 0 unspecified atom stereocenters. The lowest BCUT2D eigenvalue weighted by molar-refractivity contribution is 0.471. The second-order valence-corrected chi connectivity index (χ2v) is 34.6. The normalized spacial score (nSPS) is 14.1. The van der Waals surface area contributed by atoms with Crippen LogP contribution in [-0.2, 0) is 32.5 Å². The second kappa shape index (κ2) is 20.2. The highest BCUT2D eigenvalue weighted by molar-refractivity contribution is 7.02. The van der Waals surface area contributed by atoms with Crippen LogP contribution in [-0.4, -0.2) is 22.6 Å². The van der Waals surface area contributed by atoms with Crippen LogP contribution in [0.25, 0.3) is 99.5 Å². The van der Waals surface area contributed by atoms with Crippen molar-refractivity contribution in [3.63, 3.8) is 0 Å². The van der Waals surface area contributed by atoms with E-state index in [1.807, 2.05) is 0 Å². The summed E-state index contributed by atoms with van der Waals surface area (Å²) in [5, 5.41) is 4.85. The molecule has 0 spiro atoms. The number of fused-ring (bicyclic) bond motifs is 16. The maximum atomic E-state index is 8.04. The highest BCUT2D eigenvalue weighted by atomic mass is 16.5. The van der Waals surface area contributed by atoms with Crippen LogP contribution in [0.2, 0.25) is 0 Å². The maximum Gasteiger partial charge on any atom is 0.256 e. The van der Waals surface area contributed by atoms with E-state index >= 15 is 0 Å². The molecule has 0 N–H and O–H groups in total. The van der Waals surface area contributed by atoms with Gasteiger partial charge in [0.15, 0.2) is 0 Å². The lowest BCUT2D eigenvalue weighted by Crippen LogP contribution is -2.63. The maximum absolute atomic E-state index is 8.04. The van der Waals surface area contributed by atoms with Gasteiger partial charge in [-0.3, -0.25) is 0 Å². The first kappa shape index (κ1) is 60.4. The van der Waals surface area contributed by atoms with Gasteiger partial charge in [-0.1, -0.05) is 270 Å². The van der Waals surface area contributed by atoms with Crippen molar-refractivity contribution in [2.24, 2.45) is 0 Å². The van der Waals surface area contributed by atoms with Crippen LogP contribution < -0.4 is 42.3 Å². The Kier molecular flexibility index (Phi) is 12.7. The van der Waals surface area contributed by atoms with Gasteiger partial charge in [0.1, 0.15) is 23.0 Å². The van der Waals surface area contributed by atoms with Gasteiger partial charge in [-0.25, -0.2) is 0 Å². The summed E-state index contributed by atoms with van der Waals surface area (Å²) in [5.74, 6) is 3.55. The molecule has 4 aliphatic rings. The van der Waals surface area contributed by atoms with Gasteiger partial charge in [-0.2, -0.15) is 0 Å². The third-order valence-corrected chi connectivity index (χ3v) is 22.0. The van der Waals surface area contributed by atoms with E-state index in [2.05, 4.69) is 328 Å². The number of hydrogen-bond donors (Lipinski definition) is 0. The summed E-state index contributed by atoms with van der Waals surface area (Å²) in [6.45, 7) is 41.1. The second-order valence-electron chi connectivity index (χ2n) is 34.6. The Bertz CT molecular complexity index is 5140. The molecule has 96 heavy (non-hydrogen) atoms.